The molecule has 1 saturated heterocycles. The zero-order chi connectivity index (χ0) is 30.4. The van der Waals surface area contributed by atoms with E-state index in [-0.39, 0.29) is 27.9 Å². The van der Waals surface area contributed by atoms with Crippen molar-refractivity contribution in [2.24, 2.45) is 5.92 Å². The van der Waals surface area contributed by atoms with Gasteiger partial charge >= 0.3 is 11.9 Å². The fourth-order valence-electron chi connectivity index (χ4n) is 4.44. The number of ether oxygens (including phenoxy) is 3. The molecule has 0 aliphatic carbocycles. The lowest BCUT2D eigenvalue weighted by Crippen LogP contribution is -2.29. The Bertz CT molecular complexity index is 1510. The average molecular weight is 591 g/mol. The Morgan fingerprint density at radius 3 is 2.55 bits per heavy atom. The molecule has 0 radical (unpaired) electrons. The number of thiazole rings is 1. The first-order chi connectivity index (χ1) is 20.2. The van der Waals surface area contributed by atoms with Crippen molar-refractivity contribution in [1.29, 1.82) is 0 Å². The van der Waals surface area contributed by atoms with Crippen LogP contribution in [0.15, 0.2) is 66.8 Å². The van der Waals surface area contributed by atoms with Gasteiger partial charge in [-0.3, -0.25) is 14.5 Å². The third kappa shape index (κ3) is 6.54. The average Bonchev–Trinajstić information content (AvgIpc) is 3.48. The first-order valence-corrected chi connectivity index (χ1v) is 14.5. The fraction of sp³-hybridized carbons (Fsp3) is 0.312. The number of carbonyl (C=O) groups excluding carboxylic acids is 3. The van der Waals surface area contributed by atoms with E-state index in [4.69, 9.17) is 14.2 Å². The molecule has 220 valence electrons. The summed E-state index contributed by atoms with van der Waals surface area (Å²) in [4.78, 5) is 45.7. The molecule has 1 atom stereocenters. The minimum absolute atomic E-state index is 0.0156. The van der Waals surface area contributed by atoms with Gasteiger partial charge in [0.2, 0.25) is 0 Å². The molecular formula is C32H34N2O7S. The van der Waals surface area contributed by atoms with Gasteiger partial charge < -0.3 is 19.3 Å². The summed E-state index contributed by atoms with van der Waals surface area (Å²) in [5.74, 6) is -1.09. The van der Waals surface area contributed by atoms with Crippen LogP contribution in [0.25, 0.3) is 5.76 Å². The molecule has 1 fully saturated rings. The normalized spacial score (nSPS) is 16.1. The van der Waals surface area contributed by atoms with Gasteiger partial charge in [-0.05, 0) is 68.1 Å². The lowest BCUT2D eigenvalue weighted by Gasteiger charge is -2.23. The second kappa shape index (κ2) is 13.5. The lowest BCUT2D eigenvalue weighted by atomic mass is 9.95. The smallest absolute Gasteiger partial charge is 0.350 e. The standard InChI is InChI=1S/C32H34N2O7S/c1-6-16-41-31(38)29-20(5)33-32(42-29)34-26(22-9-8-10-24(18-22)40-17-15-19(3)4)25(28(36)30(34)37)27(35)21-11-13-23(14-12-21)39-7-2/h6,8-14,18-19,26,35H,1,7,15-17H2,2-5H3. The minimum Gasteiger partial charge on any atom is -0.507 e. The van der Waals surface area contributed by atoms with Crippen LogP contribution in [-0.4, -0.2) is 47.6 Å². The van der Waals surface area contributed by atoms with E-state index >= 15 is 0 Å². The summed E-state index contributed by atoms with van der Waals surface area (Å²) < 4.78 is 16.6. The van der Waals surface area contributed by atoms with Gasteiger partial charge in [0, 0.05) is 5.56 Å². The molecule has 1 aliphatic rings. The predicted molar refractivity (Wildman–Crippen MR) is 161 cm³/mol. The van der Waals surface area contributed by atoms with E-state index in [1.54, 1.807) is 55.5 Å². The molecule has 10 heteroatoms. The zero-order valence-electron chi connectivity index (χ0n) is 24.1. The van der Waals surface area contributed by atoms with Gasteiger partial charge in [-0.15, -0.1) is 0 Å². The SMILES string of the molecule is C=CCOC(=O)c1sc(N2C(=O)C(=O)C(=C(O)c3ccc(OCC)cc3)C2c2cccc(OCCC(C)C)c2)nc1C. The number of hydrogen-bond donors (Lipinski definition) is 1. The molecule has 42 heavy (non-hydrogen) atoms. The number of nitrogens with zero attached hydrogens (tertiary/aromatic N) is 2. The highest BCUT2D eigenvalue weighted by Crippen LogP contribution is 2.44. The number of benzene rings is 2. The van der Waals surface area contributed by atoms with Gasteiger partial charge in [0.05, 0.1) is 30.5 Å². The number of aromatic nitrogens is 1. The van der Waals surface area contributed by atoms with Crippen LogP contribution in [0.2, 0.25) is 0 Å². The molecule has 1 unspecified atom stereocenters. The topological polar surface area (TPSA) is 115 Å². The molecule has 0 bridgehead atoms. The number of aliphatic hydroxyl groups excluding tert-OH is 1. The summed E-state index contributed by atoms with van der Waals surface area (Å²) in [6.45, 7) is 12.2. The Labute approximate surface area is 249 Å². The Balaban J connectivity index is 1.83. The third-order valence-electron chi connectivity index (χ3n) is 6.53. The quantitative estimate of drug-likeness (QED) is 0.0866. The number of ketones is 1. The summed E-state index contributed by atoms with van der Waals surface area (Å²) in [6.07, 6.45) is 2.30. The maximum atomic E-state index is 13.6. The van der Waals surface area contributed by atoms with Gasteiger partial charge in [0.25, 0.3) is 5.78 Å². The van der Waals surface area contributed by atoms with Crippen molar-refractivity contribution in [3.63, 3.8) is 0 Å². The summed E-state index contributed by atoms with van der Waals surface area (Å²) >= 11 is 0.939. The highest BCUT2D eigenvalue weighted by molar-refractivity contribution is 7.17. The third-order valence-corrected chi connectivity index (χ3v) is 7.67. The molecule has 1 amide bonds. The summed E-state index contributed by atoms with van der Waals surface area (Å²) in [5.41, 5.74) is 1.12. The minimum atomic E-state index is -1.03. The van der Waals surface area contributed by atoms with Crippen LogP contribution in [-0.2, 0) is 14.3 Å². The van der Waals surface area contributed by atoms with Crippen LogP contribution in [0.1, 0.15) is 59.7 Å². The van der Waals surface area contributed by atoms with E-state index in [1.807, 2.05) is 6.92 Å². The van der Waals surface area contributed by atoms with Crippen molar-refractivity contribution in [2.45, 2.75) is 40.2 Å². The predicted octanol–water partition coefficient (Wildman–Crippen LogP) is 6.24. The summed E-state index contributed by atoms with van der Waals surface area (Å²) in [6, 6.07) is 12.6. The van der Waals surface area contributed by atoms with Crippen LogP contribution in [0, 0.1) is 12.8 Å². The van der Waals surface area contributed by atoms with Crippen molar-refractivity contribution in [2.75, 3.05) is 24.7 Å². The van der Waals surface area contributed by atoms with Crippen molar-refractivity contribution < 1.29 is 33.7 Å². The maximum Gasteiger partial charge on any atom is 0.350 e. The molecule has 1 N–H and O–H groups in total. The van der Waals surface area contributed by atoms with Crippen molar-refractivity contribution in [3.05, 3.63) is 88.5 Å². The van der Waals surface area contributed by atoms with Gasteiger partial charge in [-0.2, -0.15) is 0 Å². The first kappa shape index (κ1) is 30.5. The van der Waals surface area contributed by atoms with Gasteiger partial charge in [0.1, 0.15) is 28.7 Å². The Morgan fingerprint density at radius 2 is 1.88 bits per heavy atom. The van der Waals surface area contributed by atoms with E-state index in [1.165, 1.54) is 11.0 Å². The van der Waals surface area contributed by atoms with Crippen LogP contribution in [0.3, 0.4) is 0 Å². The molecule has 2 aromatic carbocycles. The van der Waals surface area contributed by atoms with Gasteiger partial charge in [0.15, 0.2) is 5.13 Å². The Kier molecular flexibility index (Phi) is 9.80. The second-order valence-electron chi connectivity index (χ2n) is 10.0. The Morgan fingerprint density at radius 1 is 1.14 bits per heavy atom. The van der Waals surface area contributed by atoms with Crippen molar-refractivity contribution in [1.82, 2.24) is 4.98 Å². The number of hydrogen-bond acceptors (Lipinski definition) is 9. The molecule has 2 heterocycles. The van der Waals surface area contributed by atoms with Gasteiger partial charge in [-0.25, -0.2) is 9.78 Å². The van der Waals surface area contributed by atoms with E-state index in [0.717, 1.165) is 17.8 Å². The number of rotatable bonds is 12. The summed E-state index contributed by atoms with van der Waals surface area (Å²) in [5, 5.41) is 11.6. The monoisotopic (exact) mass is 590 g/mol. The number of carbonyl (C=O) groups is 3. The lowest BCUT2D eigenvalue weighted by molar-refractivity contribution is -0.132. The largest absolute Gasteiger partial charge is 0.507 e. The van der Waals surface area contributed by atoms with Crippen molar-refractivity contribution in [3.8, 4) is 11.5 Å². The fourth-order valence-corrected chi connectivity index (χ4v) is 5.43. The molecule has 1 aromatic heterocycles. The van der Waals surface area contributed by atoms with Crippen LogP contribution >= 0.6 is 11.3 Å². The highest BCUT2D eigenvalue weighted by atomic mass is 32.1. The number of amides is 1. The number of esters is 1. The van der Waals surface area contributed by atoms with E-state index in [2.05, 4.69) is 25.4 Å². The number of anilines is 1. The molecule has 0 saturated carbocycles. The number of aryl methyl sites for hydroxylation is 1. The number of aliphatic hydroxyl groups is 1. The molecule has 3 aromatic rings. The van der Waals surface area contributed by atoms with E-state index < -0.39 is 23.7 Å². The van der Waals surface area contributed by atoms with E-state index in [0.29, 0.717) is 47.5 Å². The highest BCUT2D eigenvalue weighted by Gasteiger charge is 2.48. The van der Waals surface area contributed by atoms with Crippen LogP contribution in [0.4, 0.5) is 5.13 Å². The second-order valence-corrected chi connectivity index (χ2v) is 11.0. The molecular weight excluding hydrogens is 556 g/mol. The van der Waals surface area contributed by atoms with Crippen molar-refractivity contribution >= 4 is 39.9 Å². The van der Waals surface area contributed by atoms with Crippen LogP contribution in [0.5, 0.6) is 11.5 Å². The first-order valence-electron chi connectivity index (χ1n) is 13.7. The maximum absolute atomic E-state index is 13.6. The zero-order valence-corrected chi connectivity index (χ0v) is 24.9. The molecule has 9 nitrogen and oxygen atoms in total. The molecule has 4 rings (SSSR count). The van der Waals surface area contributed by atoms with E-state index in [9.17, 15) is 19.5 Å². The van der Waals surface area contributed by atoms with Gasteiger partial charge in [-0.1, -0.05) is 50.0 Å². The molecule has 0 spiro atoms. The molecule has 1 aliphatic heterocycles. The Hall–Kier alpha value is -4.44. The number of Topliss-reactive ketones (excluding diaryl/α,β-unsaturated/α-hetero) is 1. The van der Waals surface area contributed by atoms with Crippen LogP contribution < -0.4 is 14.4 Å². The summed E-state index contributed by atoms with van der Waals surface area (Å²) in [7, 11) is 0.